The molecule has 8 heteroatoms. The number of esters is 1. The highest BCUT2D eigenvalue weighted by Crippen LogP contribution is 2.03. The van der Waals surface area contributed by atoms with Gasteiger partial charge in [-0.2, -0.15) is 0 Å². The summed E-state index contributed by atoms with van der Waals surface area (Å²) in [6.07, 6.45) is 5.73. The first-order valence-electron chi connectivity index (χ1n) is 7.98. The highest BCUT2D eigenvalue weighted by Gasteiger charge is 2.13. The zero-order valence-corrected chi connectivity index (χ0v) is 17.0. The van der Waals surface area contributed by atoms with Gasteiger partial charge in [0.1, 0.15) is 6.61 Å². The number of methoxy groups -OCH3 is 1. The lowest BCUT2D eigenvalue weighted by Gasteiger charge is -2.19. The minimum absolute atomic E-state index is 0.169. The van der Waals surface area contributed by atoms with E-state index in [9.17, 15) is 14.4 Å². The molecule has 25 heavy (non-hydrogen) atoms. The third kappa shape index (κ3) is 18.5. The molecule has 0 aliphatic rings. The second-order valence-electron chi connectivity index (χ2n) is 4.77. The minimum atomic E-state index is -0.661. The molecular weight excluding hydrogens is 348 g/mol. The van der Waals surface area contributed by atoms with E-state index >= 15 is 0 Å². The van der Waals surface area contributed by atoms with E-state index in [0.717, 1.165) is 0 Å². The summed E-state index contributed by atoms with van der Waals surface area (Å²) in [5, 5.41) is 0. The highest BCUT2D eigenvalue weighted by molar-refractivity contribution is 6.15. The summed E-state index contributed by atoms with van der Waals surface area (Å²) in [6.45, 7) is 8.31. The molecule has 0 N–H and O–H groups in total. The Labute approximate surface area is 156 Å². The van der Waals surface area contributed by atoms with E-state index in [4.69, 9.17) is 9.47 Å². The summed E-state index contributed by atoms with van der Waals surface area (Å²) in [6, 6.07) is 0. The van der Waals surface area contributed by atoms with Gasteiger partial charge in [0.15, 0.2) is 0 Å². The molecule has 0 rings (SSSR count). The summed E-state index contributed by atoms with van der Waals surface area (Å²) in [5.74, 6) is -1.09. The molecule has 1 amide bonds. The van der Waals surface area contributed by atoms with Crippen molar-refractivity contribution >= 4 is 29.6 Å². The van der Waals surface area contributed by atoms with Gasteiger partial charge < -0.3 is 14.4 Å². The third-order valence-electron chi connectivity index (χ3n) is 2.65. The van der Waals surface area contributed by atoms with Crippen molar-refractivity contribution in [2.75, 3.05) is 33.7 Å². The zero-order chi connectivity index (χ0) is 20.3. The number of carbonyl (C=O) groups excluding carboxylic acids is 3. The van der Waals surface area contributed by atoms with Crippen LogP contribution in [-0.4, -0.2) is 62.7 Å². The fraction of sp³-hybridized carbons (Fsp3) is 0.706. The van der Waals surface area contributed by atoms with Gasteiger partial charge in [-0.05, 0) is 6.42 Å². The second-order valence-corrected chi connectivity index (χ2v) is 4.77. The van der Waals surface area contributed by atoms with E-state index in [2.05, 4.69) is 16.6 Å². The molecule has 146 valence electrons. The Morgan fingerprint density at radius 2 is 1.84 bits per heavy atom. The van der Waals surface area contributed by atoms with Crippen LogP contribution in [-0.2, 0) is 23.9 Å². The monoisotopic (exact) mass is 378 g/mol. The van der Waals surface area contributed by atoms with Gasteiger partial charge in [-0.3, -0.25) is 9.59 Å². The van der Waals surface area contributed by atoms with Crippen LogP contribution in [0.1, 0.15) is 34.1 Å². The van der Waals surface area contributed by atoms with Crippen molar-refractivity contribution in [3.63, 3.8) is 0 Å². The topological polar surface area (TPSA) is 85.3 Å². The minimum Gasteiger partial charge on any atom is -0.463 e. The van der Waals surface area contributed by atoms with Crippen molar-refractivity contribution in [3.8, 4) is 0 Å². The van der Waals surface area contributed by atoms with Gasteiger partial charge in [-0.1, -0.05) is 27.7 Å². The van der Waals surface area contributed by atoms with Crippen molar-refractivity contribution in [1.29, 1.82) is 0 Å². The van der Waals surface area contributed by atoms with Crippen LogP contribution in [0.2, 0.25) is 0 Å². The summed E-state index contributed by atoms with van der Waals surface area (Å²) in [7, 11) is 3.31. The van der Waals surface area contributed by atoms with Crippen LogP contribution < -0.4 is 0 Å². The number of nitrogens with zero attached hydrogens (tertiary/aromatic N) is 2. The van der Waals surface area contributed by atoms with Crippen LogP contribution in [0, 0.1) is 5.92 Å². The summed E-state index contributed by atoms with van der Waals surface area (Å²) in [5.41, 5.74) is 0. The lowest BCUT2D eigenvalue weighted by atomic mass is 10.2. The highest BCUT2D eigenvalue weighted by atomic mass is 35.5. The van der Waals surface area contributed by atoms with Gasteiger partial charge >= 0.3 is 5.97 Å². The molecule has 0 spiro atoms. The number of isocyanates is 1. The Balaban J connectivity index is -0.00000112. The van der Waals surface area contributed by atoms with Crippen LogP contribution in [0.4, 0.5) is 0 Å². The van der Waals surface area contributed by atoms with Crippen molar-refractivity contribution in [2.24, 2.45) is 10.9 Å². The van der Waals surface area contributed by atoms with Gasteiger partial charge in [0, 0.05) is 39.4 Å². The summed E-state index contributed by atoms with van der Waals surface area (Å²) < 4.78 is 10.3. The molecule has 0 aromatic carbocycles. The number of hydrogen-bond donors (Lipinski definition) is 0. The van der Waals surface area contributed by atoms with E-state index in [1.165, 1.54) is 24.7 Å². The van der Waals surface area contributed by atoms with Gasteiger partial charge in [0.05, 0.1) is 12.0 Å². The van der Waals surface area contributed by atoms with Crippen molar-refractivity contribution in [3.05, 3.63) is 12.3 Å². The van der Waals surface area contributed by atoms with E-state index in [-0.39, 0.29) is 24.6 Å². The maximum absolute atomic E-state index is 11.4. The first-order valence-corrected chi connectivity index (χ1v) is 8.73. The average Bonchev–Trinajstić information content (AvgIpc) is 2.63. The fourth-order valence-electron chi connectivity index (χ4n) is 1.31. The Kier molecular flexibility index (Phi) is 22.9. The molecular formula is C17H31ClN2O5. The number of alkyl halides is 1. The fourth-order valence-corrected chi connectivity index (χ4v) is 1.31. The van der Waals surface area contributed by atoms with Crippen molar-refractivity contribution in [2.45, 2.75) is 40.2 Å². The van der Waals surface area contributed by atoms with Gasteiger partial charge in [0.2, 0.25) is 6.08 Å². The number of amides is 1. The van der Waals surface area contributed by atoms with E-state index in [0.29, 0.717) is 13.0 Å². The number of hydrogen-bond acceptors (Lipinski definition) is 6. The van der Waals surface area contributed by atoms with Gasteiger partial charge in [-0.15, -0.1) is 16.6 Å². The molecule has 0 saturated heterocycles. The van der Waals surface area contributed by atoms with Crippen LogP contribution in [0.15, 0.2) is 17.3 Å². The summed E-state index contributed by atoms with van der Waals surface area (Å²) >= 11 is 4.64. The molecule has 1 unspecified atom stereocenters. The van der Waals surface area contributed by atoms with Crippen LogP contribution in [0.25, 0.3) is 0 Å². The molecule has 0 radical (unpaired) electrons. The van der Waals surface area contributed by atoms with Crippen LogP contribution in [0.3, 0.4) is 0 Å². The molecule has 7 nitrogen and oxygen atoms in total. The number of halogens is 1. The maximum atomic E-state index is 11.4. The molecule has 0 aromatic heterocycles. The van der Waals surface area contributed by atoms with Crippen LogP contribution in [0.5, 0.6) is 0 Å². The molecule has 0 fully saturated rings. The quantitative estimate of drug-likeness (QED) is 0.201. The predicted molar refractivity (Wildman–Crippen MR) is 99.2 cm³/mol. The van der Waals surface area contributed by atoms with E-state index in [1.807, 2.05) is 13.8 Å². The average molecular weight is 379 g/mol. The third-order valence-corrected chi connectivity index (χ3v) is 2.65. The standard InChI is InChI=1S/C14H22N2O5.C2H6.CH3Cl/c1-11(2)14(19)21-9-12(20-4)5-7-16(3)8-6-13(18)15-10-17;2*1-2/h6,8,11-12H,5,7,9H2,1-4H3;1-2H3;1H3/b8-6-;;. The number of rotatable bonds is 9. The van der Waals surface area contributed by atoms with E-state index < -0.39 is 5.91 Å². The maximum Gasteiger partial charge on any atom is 0.308 e. The molecule has 0 heterocycles. The molecule has 0 aliphatic heterocycles. The smallest absolute Gasteiger partial charge is 0.308 e. The number of aliphatic imine (C=N–C) groups is 1. The Bertz CT molecular complexity index is 421. The molecule has 1 atom stereocenters. The number of ether oxygens (including phenoxy) is 2. The van der Waals surface area contributed by atoms with Crippen molar-refractivity contribution in [1.82, 2.24) is 4.90 Å². The Hall–Kier alpha value is -1.69. The van der Waals surface area contributed by atoms with E-state index in [1.54, 1.807) is 32.9 Å². The lowest BCUT2D eigenvalue weighted by Crippen LogP contribution is -2.26. The zero-order valence-electron chi connectivity index (χ0n) is 16.2. The first kappa shape index (κ1) is 28.1. The normalized spacial score (nSPS) is 10.6. The Morgan fingerprint density at radius 1 is 1.28 bits per heavy atom. The molecule has 0 bridgehead atoms. The first-order chi connectivity index (χ1) is 11.9. The predicted octanol–water partition coefficient (Wildman–Crippen LogP) is 2.78. The molecule has 0 aromatic rings. The van der Waals surface area contributed by atoms with Crippen LogP contribution >= 0.6 is 11.6 Å². The van der Waals surface area contributed by atoms with Gasteiger partial charge in [0.25, 0.3) is 5.91 Å². The largest absolute Gasteiger partial charge is 0.463 e. The number of carbonyl (C=O) groups is 2. The van der Waals surface area contributed by atoms with Crippen molar-refractivity contribution < 1.29 is 23.9 Å². The lowest BCUT2D eigenvalue weighted by molar-refractivity contribution is -0.151. The second kappa shape index (κ2) is 20.4. The van der Waals surface area contributed by atoms with Gasteiger partial charge in [-0.25, -0.2) is 4.79 Å². The molecule has 0 aliphatic carbocycles. The Morgan fingerprint density at radius 3 is 2.28 bits per heavy atom. The summed E-state index contributed by atoms with van der Waals surface area (Å²) in [4.78, 5) is 36.9. The SMILES string of the molecule is CC.CCl.COC(CCN(C)/C=C\C(=O)N=C=O)COC(=O)C(C)C. The molecule has 0 saturated carbocycles.